The van der Waals surface area contributed by atoms with E-state index in [1.165, 1.54) is 0 Å². The van der Waals surface area contributed by atoms with Gasteiger partial charge in [0, 0.05) is 24.2 Å². The summed E-state index contributed by atoms with van der Waals surface area (Å²) < 4.78 is 13.5. The smallest absolute Gasteiger partial charge is 0.117 e. The van der Waals surface area contributed by atoms with Gasteiger partial charge in [0.25, 0.3) is 0 Å². The van der Waals surface area contributed by atoms with Crippen molar-refractivity contribution < 1.29 is 4.39 Å². The van der Waals surface area contributed by atoms with Crippen molar-refractivity contribution in [2.24, 2.45) is 0 Å². The lowest BCUT2D eigenvalue weighted by Crippen LogP contribution is -2.48. The van der Waals surface area contributed by atoms with Gasteiger partial charge in [-0.25, -0.2) is 4.39 Å². The van der Waals surface area contributed by atoms with Gasteiger partial charge >= 0.3 is 0 Å². The molecule has 0 aromatic heterocycles. The Morgan fingerprint density at radius 1 is 1.38 bits per heavy atom. The summed E-state index contributed by atoms with van der Waals surface area (Å²) in [6.45, 7) is 12.9. The molecule has 1 aliphatic heterocycles. The number of hydrogen-bond acceptors (Lipinski definition) is 2. The highest BCUT2D eigenvalue weighted by atomic mass is 19.1. The van der Waals surface area contributed by atoms with Crippen LogP contribution in [0.1, 0.15) is 47.5 Å². The number of alkyl halides is 1. The molecule has 0 aromatic rings. The molecule has 0 radical (unpaired) electrons. The molecule has 1 aliphatic rings. The summed E-state index contributed by atoms with van der Waals surface area (Å²) in [4.78, 5) is 2.44. The van der Waals surface area contributed by atoms with Gasteiger partial charge in [0.2, 0.25) is 0 Å². The molecule has 0 spiro atoms. The van der Waals surface area contributed by atoms with E-state index in [2.05, 4.69) is 44.8 Å². The van der Waals surface area contributed by atoms with E-state index in [0.29, 0.717) is 12.5 Å². The molecule has 1 saturated heterocycles. The highest BCUT2D eigenvalue weighted by Crippen LogP contribution is 2.20. The van der Waals surface area contributed by atoms with Crippen LogP contribution in [0.2, 0.25) is 0 Å². The van der Waals surface area contributed by atoms with E-state index in [-0.39, 0.29) is 11.6 Å². The van der Waals surface area contributed by atoms with Crippen molar-refractivity contribution in [3.63, 3.8) is 0 Å². The number of hydrogen-bond donors (Lipinski definition) is 1. The lowest BCUT2D eigenvalue weighted by molar-refractivity contribution is 0.0904. The van der Waals surface area contributed by atoms with E-state index in [4.69, 9.17) is 0 Å². The van der Waals surface area contributed by atoms with Crippen molar-refractivity contribution >= 4 is 0 Å². The first-order chi connectivity index (χ1) is 7.32. The van der Waals surface area contributed by atoms with Crippen molar-refractivity contribution in [2.45, 2.75) is 71.3 Å². The third kappa shape index (κ3) is 3.70. The van der Waals surface area contributed by atoms with E-state index in [9.17, 15) is 4.39 Å². The first-order valence-electron chi connectivity index (χ1n) is 6.46. The third-order valence-electron chi connectivity index (χ3n) is 3.43. The van der Waals surface area contributed by atoms with Crippen molar-refractivity contribution in [3.05, 3.63) is 0 Å². The fourth-order valence-corrected chi connectivity index (χ4v) is 2.66. The second-order valence-corrected chi connectivity index (χ2v) is 6.11. The molecule has 3 heteroatoms. The van der Waals surface area contributed by atoms with Crippen LogP contribution in [-0.4, -0.2) is 41.8 Å². The highest BCUT2D eigenvalue weighted by molar-refractivity contribution is 4.87. The monoisotopic (exact) mass is 230 g/mol. The van der Waals surface area contributed by atoms with Crippen LogP contribution < -0.4 is 5.32 Å². The van der Waals surface area contributed by atoms with Gasteiger partial charge in [-0.15, -0.1) is 0 Å². The molecule has 1 fully saturated rings. The highest BCUT2D eigenvalue weighted by Gasteiger charge is 2.29. The maximum Gasteiger partial charge on any atom is 0.117 e. The van der Waals surface area contributed by atoms with Crippen LogP contribution in [0.3, 0.4) is 0 Å². The lowest BCUT2D eigenvalue weighted by Gasteiger charge is -2.39. The quantitative estimate of drug-likeness (QED) is 0.798. The van der Waals surface area contributed by atoms with Crippen LogP contribution in [0.4, 0.5) is 4.39 Å². The average molecular weight is 230 g/mol. The van der Waals surface area contributed by atoms with Gasteiger partial charge in [0.15, 0.2) is 0 Å². The van der Waals surface area contributed by atoms with E-state index in [1.807, 2.05) is 0 Å². The van der Waals surface area contributed by atoms with Crippen molar-refractivity contribution in [3.8, 4) is 0 Å². The number of halogens is 1. The Morgan fingerprint density at radius 3 is 2.38 bits per heavy atom. The van der Waals surface area contributed by atoms with Crippen LogP contribution in [0.5, 0.6) is 0 Å². The Morgan fingerprint density at radius 2 is 2.00 bits per heavy atom. The van der Waals surface area contributed by atoms with Gasteiger partial charge < -0.3 is 5.32 Å². The molecule has 2 nitrogen and oxygen atoms in total. The molecule has 1 rings (SSSR count). The fourth-order valence-electron chi connectivity index (χ4n) is 2.66. The molecule has 2 atom stereocenters. The van der Waals surface area contributed by atoms with E-state index in [1.54, 1.807) is 0 Å². The van der Waals surface area contributed by atoms with Crippen molar-refractivity contribution in [1.29, 1.82) is 0 Å². The molecule has 96 valence electrons. The minimum absolute atomic E-state index is 0.0728. The summed E-state index contributed by atoms with van der Waals surface area (Å²) in [7, 11) is 0. The van der Waals surface area contributed by atoms with Crippen molar-refractivity contribution in [1.82, 2.24) is 10.2 Å². The molecular formula is C13H27FN2. The second kappa shape index (κ2) is 5.46. The molecule has 0 bridgehead atoms. The number of nitrogens with one attached hydrogen (secondary N) is 1. The molecular weight excluding hydrogens is 203 g/mol. The van der Waals surface area contributed by atoms with Crippen LogP contribution in [-0.2, 0) is 0 Å². The Labute approximate surface area is 99.6 Å². The summed E-state index contributed by atoms with van der Waals surface area (Å²) in [6.07, 6.45) is 0.951. The van der Waals surface area contributed by atoms with Gasteiger partial charge in [-0.2, -0.15) is 0 Å². The fraction of sp³-hybridized carbons (Fsp3) is 1.00. The minimum Gasteiger partial charge on any atom is -0.311 e. The summed E-state index contributed by atoms with van der Waals surface area (Å²) in [5.41, 5.74) is 0.165. The minimum atomic E-state index is -0.644. The van der Waals surface area contributed by atoms with Gasteiger partial charge in [-0.1, -0.05) is 0 Å². The largest absolute Gasteiger partial charge is 0.311 e. The Hall–Kier alpha value is -0.150. The molecule has 0 aliphatic carbocycles. The molecule has 1 heterocycles. The third-order valence-corrected chi connectivity index (χ3v) is 3.43. The first kappa shape index (κ1) is 13.9. The predicted molar refractivity (Wildman–Crippen MR) is 67.5 cm³/mol. The predicted octanol–water partition coefficient (Wildman–Crippen LogP) is 2.59. The SMILES string of the molecule is CC(C)N(CCC1NCCC1F)C(C)(C)C. The van der Waals surface area contributed by atoms with Gasteiger partial charge in [0.05, 0.1) is 0 Å². The molecule has 0 saturated carbocycles. The molecule has 2 unspecified atom stereocenters. The zero-order valence-electron chi connectivity index (χ0n) is 11.4. The zero-order chi connectivity index (χ0) is 12.3. The van der Waals surface area contributed by atoms with Crippen LogP contribution >= 0.6 is 0 Å². The van der Waals surface area contributed by atoms with Gasteiger partial charge in [-0.3, -0.25) is 4.90 Å². The Balaban J connectivity index is 2.44. The van der Waals surface area contributed by atoms with Gasteiger partial charge in [-0.05, 0) is 54.0 Å². The van der Waals surface area contributed by atoms with Crippen LogP contribution in [0.25, 0.3) is 0 Å². The second-order valence-electron chi connectivity index (χ2n) is 6.11. The summed E-state index contributed by atoms with van der Waals surface area (Å²) in [6, 6.07) is 0.586. The Kier molecular flexibility index (Phi) is 4.74. The van der Waals surface area contributed by atoms with Crippen molar-refractivity contribution in [2.75, 3.05) is 13.1 Å². The molecule has 0 amide bonds. The standard InChI is InChI=1S/C13H27FN2/c1-10(2)16(13(3,4)5)9-7-12-11(14)6-8-15-12/h10-12,15H,6-9H2,1-5H3. The van der Waals surface area contributed by atoms with Gasteiger partial charge in [0.1, 0.15) is 6.17 Å². The summed E-state index contributed by atoms with van der Waals surface area (Å²) in [5, 5.41) is 3.25. The number of nitrogens with zero attached hydrogens (tertiary/aromatic N) is 1. The first-order valence-corrected chi connectivity index (χ1v) is 6.46. The lowest BCUT2D eigenvalue weighted by atomic mass is 10.0. The molecule has 1 N–H and O–H groups in total. The Bertz CT molecular complexity index is 210. The summed E-state index contributed by atoms with van der Waals surface area (Å²) >= 11 is 0. The van der Waals surface area contributed by atoms with Crippen LogP contribution in [0.15, 0.2) is 0 Å². The number of rotatable bonds is 4. The van der Waals surface area contributed by atoms with Crippen LogP contribution in [0, 0.1) is 0 Å². The van der Waals surface area contributed by atoms with E-state index < -0.39 is 6.17 Å². The average Bonchev–Trinajstić information content (AvgIpc) is 2.49. The summed E-state index contributed by atoms with van der Waals surface area (Å²) in [5.74, 6) is 0. The molecule has 16 heavy (non-hydrogen) atoms. The maximum atomic E-state index is 13.5. The van der Waals surface area contributed by atoms with E-state index >= 15 is 0 Å². The van der Waals surface area contributed by atoms with E-state index in [0.717, 1.165) is 19.5 Å². The zero-order valence-corrected chi connectivity index (χ0v) is 11.4. The normalized spacial score (nSPS) is 27.0. The maximum absolute atomic E-state index is 13.5. The molecule has 0 aromatic carbocycles. The topological polar surface area (TPSA) is 15.3 Å².